The van der Waals surface area contributed by atoms with Crippen LogP contribution in [0.5, 0.6) is 11.5 Å². The Morgan fingerprint density at radius 1 is 1.14 bits per heavy atom. The molecule has 2 amide bonds. The molecule has 0 radical (unpaired) electrons. The Balaban J connectivity index is 1.79. The zero-order chi connectivity index (χ0) is 20.4. The fraction of sp³-hybridized carbons (Fsp3) is 0.143. The maximum atomic E-state index is 13.5. The van der Waals surface area contributed by atoms with Crippen LogP contribution < -0.4 is 20.3 Å². The summed E-state index contributed by atoms with van der Waals surface area (Å²) < 4.78 is 24.1. The van der Waals surface area contributed by atoms with Gasteiger partial charge in [-0.3, -0.25) is 20.4 Å². The molecule has 1 atom stereocenters. The number of para-hydroxylation sites is 1. The lowest BCUT2D eigenvalue weighted by Crippen LogP contribution is -2.46. The number of hydrogen-bond donors (Lipinski definition) is 2. The number of nitrogens with one attached hydrogen (secondary N) is 2. The van der Waals surface area contributed by atoms with E-state index in [1.165, 1.54) is 31.2 Å². The molecule has 2 rings (SSSR count). The van der Waals surface area contributed by atoms with Gasteiger partial charge in [-0.25, -0.2) is 4.39 Å². The standard InChI is InChI=1S/C21H21FN2O4/c1-3-14-27-17-11-8-16(9-12-17)10-13-20(25)23-24-21(26)15(2)28-19-7-5-4-6-18(19)22/h3-13,15H,1,14H2,2H3,(H,23,25)(H,24,26)/b13-10+/t15-/m0/s1. The predicted octanol–water partition coefficient (Wildman–Crippen LogP) is 3.02. The van der Waals surface area contributed by atoms with E-state index < -0.39 is 23.7 Å². The summed E-state index contributed by atoms with van der Waals surface area (Å²) in [6, 6.07) is 12.8. The first kappa shape index (κ1) is 20.7. The van der Waals surface area contributed by atoms with Gasteiger partial charge in [0, 0.05) is 6.08 Å². The number of amides is 2. The molecular weight excluding hydrogens is 363 g/mol. The quantitative estimate of drug-likeness (QED) is 0.417. The third-order valence-electron chi connectivity index (χ3n) is 3.49. The zero-order valence-corrected chi connectivity index (χ0v) is 15.4. The van der Waals surface area contributed by atoms with Crippen LogP contribution in [0.2, 0.25) is 0 Å². The first-order chi connectivity index (χ1) is 13.5. The molecule has 0 fully saturated rings. The number of hydrogen-bond acceptors (Lipinski definition) is 4. The van der Waals surface area contributed by atoms with Gasteiger partial charge in [-0.05, 0) is 42.8 Å². The molecule has 2 aromatic rings. The highest BCUT2D eigenvalue weighted by atomic mass is 19.1. The molecule has 0 aliphatic carbocycles. The van der Waals surface area contributed by atoms with Crippen molar-refractivity contribution in [3.8, 4) is 11.5 Å². The maximum absolute atomic E-state index is 13.5. The van der Waals surface area contributed by atoms with E-state index in [1.54, 1.807) is 42.5 Å². The fourth-order valence-electron chi connectivity index (χ4n) is 2.05. The minimum Gasteiger partial charge on any atom is -0.490 e. The summed E-state index contributed by atoms with van der Waals surface area (Å²) in [6.45, 7) is 5.43. The first-order valence-electron chi connectivity index (χ1n) is 8.52. The van der Waals surface area contributed by atoms with Crippen molar-refractivity contribution in [1.82, 2.24) is 10.9 Å². The van der Waals surface area contributed by atoms with Gasteiger partial charge in [0.2, 0.25) is 0 Å². The average Bonchev–Trinajstić information content (AvgIpc) is 2.71. The van der Waals surface area contributed by atoms with Crippen molar-refractivity contribution in [2.24, 2.45) is 0 Å². The first-order valence-corrected chi connectivity index (χ1v) is 8.52. The molecule has 0 aromatic heterocycles. The molecule has 0 bridgehead atoms. The minimum absolute atomic E-state index is 0.0445. The van der Waals surface area contributed by atoms with Crippen LogP contribution in [0.25, 0.3) is 6.08 Å². The Morgan fingerprint density at radius 2 is 1.86 bits per heavy atom. The van der Waals surface area contributed by atoms with Gasteiger partial charge < -0.3 is 9.47 Å². The highest BCUT2D eigenvalue weighted by Gasteiger charge is 2.16. The van der Waals surface area contributed by atoms with Crippen LogP contribution >= 0.6 is 0 Å². The van der Waals surface area contributed by atoms with Crippen molar-refractivity contribution in [3.63, 3.8) is 0 Å². The molecule has 0 aliphatic heterocycles. The van der Waals surface area contributed by atoms with Crippen molar-refractivity contribution >= 4 is 17.9 Å². The summed E-state index contributed by atoms with van der Waals surface area (Å²) in [4.78, 5) is 23.8. The van der Waals surface area contributed by atoms with Crippen LogP contribution in [0.4, 0.5) is 4.39 Å². The van der Waals surface area contributed by atoms with Crippen molar-refractivity contribution in [1.29, 1.82) is 0 Å². The molecule has 0 aliphatic rings. The topological polar surface area (TPSA) is 76.7 Å². The molecule has 0 saturated carbocycles. The number of carbonyl (C=O) groups excluding carboxylic acids is 2. The van der Waals surface area contributed by atoms with Crippen LogP contribution in [0.3, 0.4) is 0 Å². The zero-order valence-electron chi connectivity index (χ0n) is 15.4. The molecule has 0 saturated heterocycles. The Labute approximate surface area is 162 Å². The van der Waals surface area contributed by atoms with E-state index in [9.17, 15) is 14.0 Å². The molecule has 2 N–H and O–H groups in total. The monoisotopic (exact) mass is 384 g/mol. The maximum Gasteiger partial charge on any atom is 0.279 e. The summed E-state index contributed by atoms with van der Waals surface area (Å²) in [6.07, 6.45) is 3.50. The number of ether oxygens (including phenoxy) is 2. The summed E-state index contributed by atoms with van der Waals surface area (Å²) >= 11 is 0. The van der Waals surface area contributed by atoms with Crippen LogP contribution in [0, 0.1) is 5.82 Å². The molecule has 2 aromatic carbocycles. The second-order valence-electron chi connectivity index (χ2n) is 5.67. The fourth-order valence-corrected chi connectivity index (χ4v) is 2.05. The Hall–Kier alpha value is -3.61. The highest BCUT2D eigenvalue weighted by Crippen LogP contribution is 2.17. The summed E-state index contributed by atoms with van der Waals surface area (Å²) in [7, 11) is 0. The van der Waals surface area contributed by atoms with E-state index in [0.717, 1.165) is 5.56 Å². The number of hydrazine groups is 1. The second-order valence-corrected chi connectivity index (χ2v) is 5.67. The van der Waals surface area contributed by atoms with E-state index in [1.807, 2.05) is 0 Å². The lowest BCUT2D eigenvalue weighted by molar-refractivity contribution is -0.131. The summed E-state index contributed by atoms with van der Waals surface area (Å²) in [5, 5.41) is 0. The van der Waals surface area contributed by atoms with E-state index in [-0.39, 0.29) is 5.75 Å². The predicted molar refractivity (Wildman–Crippen MR) is 104 cm³/mol. The average molecular weight is 384 g/mol. The molecule has 146 valence electrons. The van der Waals surface area contributed by atoms with Gasteiger partial charge in [0.1, 0.15) is 12.4 Å². The van der Waals surface area contributed by atoms with Crippen molar-refractivity contribution in [2.75, 3.05) is 6.61 Å². The van der Waals surface area contributed by atoms with Gasteiger partial charge in [-0.2, -0.15) is 0 Å². The molecule has 7 heteroatoms. The van der Waals surface area contributed by atoms with Crippen LogP contribution in [0.1, 0.15) is 12.5 Å². The minimum atomic E-state index is -0.996. The third kappa shape index (κ3) is 6.60. The van der Waals surface area contributed by atoms with Crippen molar-refractivity contribution in [2.45, 2.75) is 13.0 Å². The van der Waals surface area contributed by atoms with E-state index in [2.05, 4.69) is 17.4 Å². The summed E-state index contributed by atoms with van der Waals surface area (Å²) in [5.74, 6) is -1.07. The smallest absolute Gasteiger partial charge is 0.279 e. The van der Waals surface area contributed by atoms with Gasteiger partial charge in [-0.1, -0.05) is 36.9 Å². The number of halogens is 1. The lowest BCUT2D eigenvalue weighted by Gasteiger charge is -2.15. The molecule has 28 heavy (non-hydrogen) atoms. The number of carbonyl (C=O) groups is 2. The highest BCUT2D eigenvalue weighted by molar-refractivity contribution is 5.93. The van der Waals surface area contributed by atoms with E-state index in [4.69, 9.17) is 9.47 Å². The molecule has 0 heterocycles. The van der Waals surface area contributed by atoms with Crippen molar-refractivity contribution in [3.05, 3.63) is 78.6 Å². The van der Waals surface area contributed by atoms with E-state index in [0.29, 0.717) is 12.4 Å². The Morgan fingerprint density at radius 3 is 2.54 bits per heavy atom. The number of rotatable bonds is 8. The van der Waals surface area contributed by atoms with Gasteiger partial charge >= 0.3 is 0 Å². The van der Waals surface area contributed by atoms with Gasteiger partial charge in [0.15, 0.2) is 17.7 Å². The van der Waals surface area contributed by atoms with Gasteiger partial charge in [0.25, 0.3) is 11.8 Å². The summed E-state index contributed by atoms with van der Waals surface area (Å²) in [5.41, 5.74) is 5.24. The second kappa shape index (κ2) is 10.5. The van der Waals surface area contributed by atoms with Crippen molar-refractivity contribution < 1.29 is 23.5 Å². The SMILES string of the molecule is C=CCOc1ccc(/C=C/C(=O)NNC(=O)[C@H](C)Oc2ccccc2F)cc1. The molecule has 0 spiro atoms. The lowest BCUT2D eigenvalue weighted by atomic mass is 10.2. The van der Waals surface area contributed by atoms with Gasteiger partial charge in [-0.15, -0.1) is 0 Å². The largest absolute Gasteiger partial charge is 0.490 e. The van der Waals surface area contributed by atoms with Crippen LogP contribution in [-0.4, -0.2) is 24.5 Å². The molecule has 6 nitrogen and oxygen atoms in total. The van der Waals surface area contributed by atoms with Crippen LogP contribution in [-0.2, 0) is 9.59 Å². The van der Waals surface area contributed by atoms with Crippen LogP contribution in [0.15, 0.2) is 67.3 Å². The Kier molecular flexibility index (Phi) is 7.77. The third-order valence-corrected chi connectivity index (χ3v) is 3.49. The normalized spacial score (nSPS) is 11.5. The molecule has 0 unspecified atom stereocenters. The number of benzene rings is 2. The molecular formula is C21H21FN2O4. The van der Waals surface area contributed by atoms with Gasteiger partial charge in [0.05, 0.1) is 0 Å². The van der Waals surface area contributed by atoms with E-state index >= 15 is 0 Å². The Bertz CT molecular complexity index is 850.